The van der Waals surface area contributed by atoms with Gasteiger partial charge in [0.15, 0.2) is 9.84 Å². The number of sulfone groups is 1. The lowest BCUT2D eigenvalue weighted by atomic mass is 9.88. The lowest BCUT2D eigenvalue weighted by Crippen LogP contribution is -2.50. The molecule has 1 aliphatic heterocycles. The Morgan fingerprint density at radius 3 is 2.25 bits per heavy atom. The topological polar surface area (TPSA) is 120 Å². The second-order valence-electron chi connectivity index (χ2n) is 10.3. The molecule has 2 aromatic carbocycles. The molecular formula is C30H42N2O7S. The second-order valence-corrected chi connectivity index (χ2v) is 12.3. The summed E-state index contributed by atoms with van der Waals surface area (Å²) in [5.74, 6) is -0.453. The van der Waals surface area contributed by atoms with E-state index in [1.54, 1.807) is 19.2 Å². The van der Waals surface area contributed by atoms with E-state index in [0.29, 0.717) is 23.3 Å². The molecule has 1 aliphatic rings. The van der Waals surface area contributed by atoms with Crippen LogP contribution in [0, 0.1) is 0 Å². The van der Waals surface area contributed by atoms with E-state index >= 15 is 0 Å². The number of rotatable bonds is 13. The number of unbranched alkanes of at least 4 members (excludes halogenated alkanes) is 1. The molecule has 0 aliphatic carbocycles. The first kappa shape index (κ1) is 31.6. The van der Waals surface area contributed by atoms with E-state index in [1.807, 2.05) is 37.3 Å². The summed E-state index contributed by atoms with van der Waals surface area (Å²) in [5, 5.41) is 6.96. The van der Waals surface area contributed by atoms with Gasteiger partial charge in [0.2, 0.25) is 0 Å². The van der Waals surface area contributed by atoms with Crippen LogP contribution in [0.2, 0.25) is 0 Å². The molecule has 0 amide bonds. The molecule has 40 heavy (non-hydrogen) atoms. The van der Waals surface area contributed by atoms with E-state index in [1.165, 1.54) is 14.2 Å². The number of methoxy groups -OCH3 is 3. The van der Waals surface area contributed by atoms with Gasteiger partial charge in [0, 0.05) is 23.7 Å². The van der Waals surface area contributed by atoms with E-state index in [4.69, 9.17) is 14.2 Å². The second kappa shape index (κ2) is 14.1. The largest absolute Gasteiger partial charge is 0.496 e. The number of carbonyl (C=O) groups excluding carboxylic acids is 2. The molecular weight excluding hydrogens is 532 g/mol. The fourth-order valence-corrected chi connectivity index (χ4v) is 7.47. The van der Waals surface area contributed by atoms with E-state index in [-0.39, 0.29) is 36.1 Å². The number of fused-ring (bicyclic) bond motifs is 1. The summed E-state index contributed by atoms with van der Waals surface area (Å²) in [4.78, 5) is 24.2. The minimum absolute atomic E-state index is 0.0145. The molecule has 9 nitrogen and oxygen atoms in total. The first-order valence-corrected chi connectivity index (χ1v) is 15.4. The molecule has 3 rings (SSSR count). The van der Waals surface area contributed by atoms with E-state index in [9.17, 15) is 18.0 Å². The van der Waals surface area contributed by atoms with Crippen molar-refractivity contribution in [2.24, 2.45) is 0 Å². The molecule has 0 saturated heterocycles. The zero-order valence-electron chi connectivity index (χ0n) is 24.1. The maximum absolute atomic E-state index is 14.0. The lowest BCUT2D eigenvalue weighted by molar-refractivity contribution is -0.143. The Labute approximate surface area is 237 Å². The van der Waals surface area contributed by atoms with Crippen molar-refractivity contribution in [3.05, 3.63) is 59.2 Å². The quantitative estimate of drug-likeness (QED) is 0.341. The third kappa shape index (κ3) is 7.62. The highest BCUT2D eigenvalue weighted by atomic mass is 32.2. The number of hydrogen-bond acceptors (Lipinski definition) is 9. The minimum Gasteiger partial charge on any atom is -0.496 e. The fraction of sp³-hybridized carbons (Fsp3) is 0.533. The molecule has 0 bridgehead atoms. The average Bonchev–Trinajstić information content (AvgIpc) is 3.06. The predicted octanol–water partition coefficient (Wildman–Crippen LogP) is 4.08. The average molecular weight is 575 g/mol. The van der Waals surface area contributed by atoms with Crippen molar-refractivity contribution in [2.45, 2.75) is 81.4 Å². The molecule has 0 radical (unpaired) electrons. The smallest absolute Gasteiger partial charge is 0.307 e. The normalized spacial score (nSPS) is 19.9. The van der Waals surface area contributed by atoms with Crippen molar-refractivity contribution in [1.82, 2.24) is 10.6 Å². The zero-order valence-corrected chi connectivity index (χ0v) is 24.9. The van der Waals surface area contributed by atoms with Crippen molar-refractivity contribution in [3.63, 3.8) is 0 Å². The van der Waals surface area contributed by atoms with Crippen molar-refractivity contribution in [1.29, 1.82) is 0 Å². The first-order chi connectivity index (χ1) is 19.1. The van der Waals surface area contributed by atoms with Crippen LogP contribution in [0.4, 0.5) is 0 Å². The molecule has 0 saturated carbocycles. The Balaban J connectivity index is 2.09. The van der Waals surface area contributed by atoms with Crippen LogP contribution in [0.1, 0.15) is 75.1 Å². The van der Waals surface area contributed by atoms with Crippen molar-refractivity contribution >= 4 is 21.8 Å². The summed E-state index contributed by atoms with van der Waals surface area (Å²) >= 11 is 0. The Kier molecular flexibility index (Phi) is 11.1. The predicted molar refractivity (Wildman–Crippen MR) is 153 cm³/mol. The van der Waals surface area contributed by atoms with Crippen molar-refractivity contribution in [2.75, 3.05) is 27.1 Å². The van der Waals surface area contributed by atoms with Gasteiger partial charge in [0.1, 0.15) is 5.75 Å². The molecule has 1 heterocycles. The van der Waals surface area contributed by atoms with Gasteiger partial charge in [-0.15, -0.1) is 0 Å². The molecule has 2 N–H and O–H groups in total. The maximum Gasteiger partial charge on any atom is 0.307 e. The minimum atomic E-state index is -3.70. The van der Waals surface area contributed by atoms with Crippen LogP contribution in [0.15, 0.2) is 47.4 Å². The van der Waals surface area contributed by atoms with Gasteiger partial charge in [-0.3, -0.25) is 14.9 Å². The number of nitrogens with one attached hydrogen (secondary N) is 2. The summed E-state index contributed by atoms with van der Waals surface area (Å²) in [6.07, 6.45) is 3.19. The highest BCUT2D eigenvalue weighted by molar-refractivity contribution is 7.91. The lowest BCUT2D eigenvalue weighted by Gasteiger charge is -2.36. The van der Waals surface area contributed by atoms with E-state index in [0.717, 1.165) is 24.8 Å². The van der Waals surface area contributed by atoms with Gasteiger partial charge in [-0.25, -0.2) is 8.42 Å². The van der Waals surface area contributed by atoms with Crippen LogP contribution in [0.3, 0.4) is 0 Å². The maximum atomic E-state index is 14.0. The molecule has 10 heteroatoms. The highest BCUT2D eigenvalue weighted by Crippen LogP contribution is 2.40. The van der Waals surface area contributed by atoms with Gasteiger partial charge in [-0.2, -0.15) is 0 Å². The summed E-state index contributed by atoms with van der Waals surface area (Å²) in [7, 11) is 0.413. The van der Waals surface area contributed by atoms with Gasteiger partial charge >= 0.3 is 11.9 Å². The highest BCUT2D eigenvalue weighted by Gasteiger charge is 2.42. The van der Waals surface area contributed by atoms with Crippen molar-refractivity contribution < 1.29 is 32.2 Å². The molecule has 0 unspecified atom stereocenters. The van der Waals surface area contributed by atoms with Crippen LogP contribution in [-0.4, -0.2) is 59.0 Å². The van der Waals surface area contributed by atoms with Crippen LogP contribution in [-0.2, 0) is 35.4 Å². The molecule has 2 atom stereocenters. The number of esters is 2. The Morgan fingerprint density at radius 1 is 1.05 bits per heavy atom. The van der Waals surface area contributed by atoms with Gasteiger partial charge in [0.05, 0.1) is 50.9 Å². The molecule has 2 aromatic rings. The molecule has 220 valence electrons. The summed E-state index contributed by atoms with van der Waals surface area (Å²) in [6, 6.07) is 12.4. The van der Waals surface area contributed by atoms with Crippen LogP contribution in [0.5, 0.6) is 5.75 Å². The molecule has 0 spiro atoms. The number of ether oxygens (including phenoxy) is 3. The summed E-state index contributed by atoms with van der Waals surface area (Å²) in [6.45, 7) is 4.31. The zero-order chi connectivity index (χ0) is 29.3. The van der Waals surface area contributed by atoms with Crippen molar-refractivity contribution in [3.8, 4) is 5.75 Å². The molecule has 0 aromatic heterocycles. The first-order valence-electron chi connectivity index (χ1n) is 13.7. The van der Waals surface area contributed by atoms with Gasteiger partial charge < -0.3 is 19.5 Å². The standard InChI is InChI=1S/C30H42N2O7S/c1-6-8-14-30(7-2)20-40(35,36)26-15-22(19-31-23(16-27(33)38-4)17-28(34)39-5)25(37-3)18-24(26)29(32-30)21-12-10-9-11-13-21/h9-13,15,18,23,29,31-32H,6-8,14,16-17,19-20H2,1-5H3/t29-,30-/m1/s1. The van der Waals surface area contributed by atoms with Gasteiger partial charge in [-0.05, 0) is 36.1 Å². The van der Waals surface area contributed by atoms with Gasteiger partial charge in [0.25, 0.3) is 0 Å². The Hall–Kier alpha value is -2.95. The van der Waals surface area contributed by atoms with E-state index in [2.05, 4.69) is 17.6 Å². The van der Waals surface area contributed by atoms with Gasteiger partial charge in [-0.1, -0.05) is 57.0 Å². The SMILES string of the molecule is CCCC[C@]1(CC)CS(=O)(=O)c2cc(CNC(CC(=O)OC)CC(=O)OC)c(OC)cc2[C@@H](c2ccccc2)N1. The summed E-state index contributed by atoms with van der Waals surface area (Å²) in [5.41, 5.74) is 1.62. The monoisotopic (exact) mass is 574 g/mol. The van der Waals surface area contributed by atoms with Crippen LogP contribution < -0.4 is 15.4 Å². The Morgan fingerprint density at radius 2 is 1.70 bits per heavy atom. The van der Waals surface area contributed by atoms with Crippen LogP contribution in [0.25, 0.3) is 0 Å². The Bertz CT molecular complexity index is 1250. The number of carbonyl (C=O) groups is 2. The third-order valence-electron chi connectivity index (χ3n) is 7.66. The van der Waals surface area contributed by atoms with E-state index < -0.39 is 33.4 Å². The number of benzene rings is 2. The third-order valence-corrected chi connectivity index (χ3v) is 9.61. The van der Waals surface area contributed by atoms with Crippen LogP contribution >= 0.6 is 0 Å². The fourth-order valence-electron chi connectivity index (χ4n) is 5.30. The molecule has 0 fully saturated rings. The summed E-state index contributed by atoms with van der Waals surface area (Å²) < 4.78 is 43.4. The number of hydrogen-bond donors (Lipinski definition) is 2.